The lowest BCUT2D eigenvalue weighted by Gasteiger charge is -2.15. The summed E-state index contributed by atoms with van der Waals surface area (Å²) in [6, 6.07) is 52.3. The van der Waals surface area contributed by atoms with Crippen LogP contribution in [0.25, 0.3) is 111 Å². The van der Waals surface area contributed by atoms with E-state index in [0.717, 1.165) is 60.8 Å². The van der Waals surface area contributed by atoms with Gasteiger partial charge in [-0.15, -0.1) is 0 Å². The van der Waals surface area contributed by atoms with Gasteiger partial charge in [0.15, 0.2) is 5.82 Å². The highest BCUT2D eigenvalue weighted by atomic mass is 16.5. The van der Waals surface area contributed by atoms with E-state index in [4.69, 9.17) is 19.1 Å². The Kier molecular flexibility index (Phi) is 5.78. The average molecular weight is 743 g/mol. The first-order chi connectivity index (χ1) is 28.8. The molecule has 0 fully saturated rings. The maximum Gasteiger partial charge on any atom is 0.237 e. The molecule has 0 saturated carbocycles. The molecule has 6 heterocycles. The molecule has 0 saturated heterocycles. The molecule has 0 amide bonds. The number of rotatable bonds is 2. The van der Waals surface area contributed by atoms with Crippen LogP contribution < -0.4 is 4.74 Å². The second kappa shape index (κ2) is 11.0. The Labute approximate surface area is 331 Å². The van der Waals surface area contributed by atoms with Crippen molar-refractivity contribution < 1.29 is 9.15 Å². The quantitative estimate of drug-likeness (QED) is 0.177. The summed E-state index contributed by atoms with van der Waals surface area (Å²) in [6.45, 7) is 0. The van der Waals surface area contributed by atoms with Gasteiger partial charge in [0, 0.05) is 49.0 Å². The molecule has 2 aliphatic heterocycles. The Bertz CT molecular complexity index is 3690. The molecule has 14 rings (SSSR count). The molecule has 6 nitrogen and oxygen atoms in total. The van der Waals surface area contributed by atoms with Crippen LogP contribution in [-0.2, 0) is 0 Å². The van der Waals surface area contributed by atoms with Gasteiger partial charge in [0.2, 0.25) is 5.88 Å². The van der Waals surface area contributed by atoms with Crippen molar-refractivity contribution in [2.24, 2.45) is 0 Å². The van der Waals surface area contributed by atoms with Crippen LogP contribution in [0.4, 0.5) is 0 Å². The first kappa shape index (κ1) is 30.5. The molecule has 1 aliphatic carbocycles. The molecule has 11 aromatic rings. The van der Waals surface area contributed by atoms with Gasteiger partial charge >= 0.3 is 0 Å². The van der Waals surface area contributed by atoms with Gasteiger partial charge in [-0.3, -0.25) is 4.57 Å². The van der Waals surface area contributed by atoms with Crippen molar-refractivity contribution >= 4 is 65.6 Å². The highest BCUT2D eigenvalue weighted by Crippen LogP contribution is 2.49. The first-order valence-corrected chi connectivity index (χ1v) is 19.8. The molecule has 3 aliphatic rings. The molecule has 2 unspecified atom stereocenters. The molecule has 58 heavy (non-hydrogen) atoms. The van der Waals surface area contributed by atoms with Gasteiger partial charge in [-0.1, -0.05) is 127 Å². The lowest BCUT2D eigenvalue weighted by molar-refractivity contribution is 0.260. The standard InChI is InChI=1S/C52H30N4O2/c1-2-14-30-29(13-1)31-15-3-7-23-41(31)55-43-27-39-32-16-4-8-24-42(32)56(44(39)28-40(43)35-20-11-19-34(30)49(35)55)51-47(54-52-48(53-51)37-18-6-10-26-46(37)58-52)38-22-12-21-36-33-17-5-9-25-45(33)57-50(36)38/h1-28,37,46H. The number of hydrogen-bond acceptors (Lipinski definition) is 4. The van der Waals surface area contributed by atoms with E-state index in [1.54, 1.807) is 0 Å². The minimum absolute atomic E-state index is 0.0352. The number of ether oxygens (including phenoxy) is 1. The van der Waals surface area contributed by atoms with Crippen molar-refractivity contribution in [2.75, 3.05) is 0 Å². The van der Waals surface area contributed by atoms with Gasteiger partial charge in [-0.25, -0.2) is 9.97 Å². The smallest absolute Gasteiger partial charge is 0.237 e. The third-order valence-corrected chi connectivity index (χ3v) is 12.6. The van der Waals surface area contributed by atoms with Crippen molar-refractivity contribution in [3.05, 3.63) is 176 Å². The largest absolute Gasteiger partial charge is 0.468 e. The Balaban J connectivity index is 1.13. The fourth-order valence-electron chi connectivity index (χ4n) is 10.1. The van der Waals surface area contributed by atoms with Crippen LogP contribution in [0.2, 0.25) is 0 Å². The van der Waals surface area contributed by atoms with Crippen LogP contribution in [0.3, 0.4) is 0 Å². The Morgan fingerprint density at radius 3 is 2.03 bits per heavy atom. The predicted octanol–water partition coefficient (Wildman–Crippen LogP) is 12.9. The van der Waals surface area contributed by atoms with Gasteiger partial charge in [0.05, 0.1) is 33.7 Å². The summed E-state index contributed by atoms with van der Waals surface area (Å²) >= 11 is 0. The predicted molar refractivity (Wildman–Crippen MR) is 233 cm³/mol. The van der Waals surface area contributed by atoms with Gasteiger partial charge < -0.3 is 13.7 Å². The van der Waals surface area contributed by atoms with Crippen LogP contribution >= 0.6 is 0 Å². The Morgan fingerprint density at radius 2 is 1.14 bits per heavy atom. The lowest BCUT2D eigenvalue weighted by Crippen LogP contribution is -2.16. The van der Waals surface area contributed by atoms with Crippen molar-refractivity contribution in [1.29, 1.82) is 0 Å². The van der Waals surface area contributed by atoms with E-state index in [2.05, 4.69) is 161 Å². The van der Waals surface area contributed by atoms with Crippen molar-refractivity contribution in [2.45, 2.75) is 12.0 Å². The molecule has 4 aromatic heterocycles. The van der Waals surface area contributed by atoms with Crippen LogP contribution in [0, 0.1) is 0 Å². The summed E-state index contributed by atoms with van der Waals surface area (Å²) in [6.07, 6.45) is 8.24. The minimum atomic E-state index is -0.158. The Morgan fingerprint density at radius 1 is 0.483 bits per heavy atom. The fraction of sp³-hybridized carbons (Fsp3) is 0.0385. The van der Waals surface area contributed by atoms with Gasteiger partial charge in [-0.2, -0.15) is 0 Å². The molecule has 0 N–H and O–H groups in total. The SMILES string of the molecule is C1=CC2Oc3nc(-c4cccc5c4oc4ccccc45)c(-n4c5ccccc5c5cc6c(cc54)c4cccc5c4n6-c4ccccc4-c4ccccc4-5)nc3C2C=C1. The average Bonchev–Trinajstić information content (AvgIpc) is 4.00. The topological polar surface area (TPSA) is 58.0 Å². The number of hydrogen-bond donors (Lipinski definition) is 0. The molecule has 6 heteroatoms. The van der Waals surface area contributed by atoms with Crippen LogP contribution in [0.15, 0.2) is 174 Å². The number of nitrogens with zero attached hydrogens (tertiary/aromatic N) is 4. The molecule has 270 valence electrons. The van der Waals surface area contributed by atoms with E-state index in [0.29, 0.717) is 11.6 Å². The van der Waals surface area contributed by atoms with Gasteiger partial charge in [-0.05, 0) is 53.6 Å². The fourth-order valence-corrected chi connectivity index (χ4v) is 10.1. The minimum Gasteiger partial charge on any atom is -0.468 e. The van der Waals surface area contributed by atoms with Gasteiger partial charge in [0.1, 0.15) is 28.7 Å². The number of aromatic nitrogens is 4. The molecule has 7 aromatic carbocycles. The van der Waals surface area contributed by atoms with Crippen LogP contribution in [0.5, 0.6) is 5.88 Å². The highest BCUT2D eigenvalue weighted by Gasteiger charge is 2.37. The molecular weight excluding hydrogens is 713 g/mol. The third-order valence-electron chi connectivity index (χ3n) is 12.6. The van der Waals surface area contributed by atoms with E-state index < -0.39 is 0 Å². The molecular formula is C52H30N4O2. The normalized spacial score (nSPS) is 16.3. The number of furan rings is 1. The summed E-state index contributed by atoms with van der Waals surface area (Å²) in [5.74, 6) is 1.27. The van der Waals surface area contributed by atoms with E-state index in [-0.39, 0.29) is 12.0 Å². The zero-order valence-corrected chi connectivity index (χ0v) is 30.9. The number of para-hydroxylation sites is 5. The van der Waals surface area contributed by atoms with Crippen LogP contribution in [-0.4, -0.2) is 25.2 Å². The second-order valence-electron chi connectivity index (χ2n) is 15.6. The van der Waals surface area contributed by atoms with Crippen molar-refractivity contribution in [3.8, 4) is 50.9 Å². The molecule has 2 atom stereocenters. The molecule has 0 bridgehead atoms. The third kappa shape index (κ3) is 3.86. The van der Waals surface area contributed by atoms with E-state index in [1.807, 2.05) is 18.2 Å². The number of fused-ring (bicyclic) bond motifs is 17. The monoisotopic (exact) mass is 742 g/mol. The van der Waals surface area contributed by atoms with E-state index in [1.165, 1.54) is 49.7 Å². The highest BCUT2D eigenvalue weighted by molar-refractivity contribution is 6.22. The maximum atomic E-state index is 6.66. The van der Waals surface area contributed by atoms with E-state index in [9.17, 15) is 0 Å². The maximum absolute atomic E-state index is 6.66. The summed E-state index contributed by atoms with van der Waals surface area (Å²) in [5.41, 5.74) is 14.7. The molecule has 0 radical (unpaired) electrons. The van der Waals surface area contributed by atoms with Crippen molar-refractivity contribution in [3.63, 3.8) is 0 Å². The van der Waals surface area contributed by atoms with Gasteiger partial charge in [0.25, 0.3) is 0 Å². The Hall–Kier alpha value is -7.70. The lowest BCUT2D eigenvalue weighted by atomic mass is 9.94. The summed E-state index contributed by atoms with van der Waals surface area (Å²) in [7, 11) is 0. The summed E-state index contributed by atoms with van der Waals surface area (Å²) < 4.78 is 18.0. The number of benzene rings is 7. The summed E-state index contributed by atoms with van der Waals surface area (Å²) in [4.78, 5) is 11.0. The molecule has 0 spiro atoms. The number of allylic oxidation sites excluding steroid dienone is 2. The zero-order chi connectivity index (χ0) is 37.6. The first-order valence-electron chi connectivity index (χ1n) is 19.8. The summed E-state index contributed by atoms with van der Waals surface area (Å²) in [5, 5.41) is 6.79. The van der Waals surface area contributed by atoms with Crippen molar-refractivity contribution in [1.82, 2.24) is 19.1 Å². The second-order valence-corrected chi connectivity index (χ2v) is 15.6. The van der Waals surface area contributed by atoms with Crippen LogP contribution in [0.1, 0.15) is 11.6 Å². The van der Waals surface area contributed by atoms with E-state index >= 15 is 0 Å². The zero-order valence-electron chi connectivity index (χ0n) is 30.9.